The van der Waals surface area contributed by atoms with E-state index in [4.69, 9.17) is 28.9 Å². The predicted molar refractivity (Wildman–Crippen MR) is 90.2 cm³/mol. The Hall–Kier alpha value is -1.02. The Morgan fingerprint density at radius 3 is 2.57 bits per heavy atom. The molecule has 0 aliphatic heterocycles. The summed E-state index contributed by atoms with van der Waals surface area (Å²) >= 11 is 12.2. The zero-order chi connectivity index (χ0) is 15.0. The van der Waals surface area contributed by atoms with Crippen LogP contribution in [0.25, 0.3) is 0 Å². The molecule has 1 unspecified atom stereocenters. The first-order chi connectivity index (χ1) is 10.1. The van der Waals surface area contributed by atoms with Crippen molar-refractivity contribution in [3.63, 3.8) is 0 Å². The van der Waals surface area contributed by atoms with E-state index in [0.29, 0.717) is 21.9 Å². The molecule has 0 saturated heterocycles. The van der Waals surface area contributed by atoms with Crippen LogP contribution in [-0.2, 0) is 6.42 Å². The fraction of sp³-hybridized carbons (Fsp3) is 0.333. The van der Waals surface area contributed by atoms with Crippen LogP contribution in [0.2, 0.25) is 10.0 Å². The van der Waals surface area contributed by atoms with Gasteiger partial charge >= 0.3 is 0 Å². The summed E-state index contributed by atoms with van der Waals surface area (Å²) in [4.78, 5) is 0. The lowest BCUT2D eigenvalue weighted by Crippen LogP contribution is -2.33. The molecule has 2 N–H and O–H groups in total. The number of hydrogen-bond donors (Lipinski definition) is 1. The highest BCUT2D eigenvalue weighted by molar-refractivity contribution is 6.42. The fourth-order valence-corrected chi connectivity index (χ4v) is 3.61. The van der Waals surface area contributed by atoms with Gasteiger partial charge in [0.25, 0.3) is 0 Å². The Balaban J connectivity index is 2.05. The van der Waals surface area contributed by atoms with Crippen molar-refractivity contribution in [2.75, 3.05) is 0 Å². The molecule has 0 heterocycles. The third kappa shape index (κ3) is 2.96. The predicted octanol–water partition coefficient (Wildman–Crippen LogP) is 5.03. The topological polar surface area (TPSA) is 26.0 Å². The van der Waals surface area contributed by atoms with Gasteiger partial charge in [-0.3, -0.25) is 0 Å². The highest BCUT2D eigenvalue weighted by atomic mass is 35.5. The average Bonchev–Trinajstić information content (AvgIpc) is 2.49. The van der Waals surface area contributed by atoms with Crippen LogP contribution in [0.1, 0.15) is 36.0 Å². The number of rotatable bonds is 2. The average molecular weight is 320 g/mol. The molecule has 1 nitrogen and oxygen atoms in total. The minimum Gasteiger partial charge on any atom is -0.328 e. The van der Waals surface area contributed by atoms with Crippen LogP contribution in [-0.4, -0.2) is 6.04 Å². The summed E-state index contributed by atoms with van der Waals surface area (Å²) in [6.45, 7) is 2.10. The molecular weight excluding hydrogens is 301 g/mol. The first-order valence-corrected chi connectivity index (χ1v) is 8.10. The summed E-state index contributed by atoms with van der Waals surface area (Å²) in [6, 6.07) is 14.8. The summed E-state index contributed by atoms with van der Waals surface area (Å²) in [6.07, 6.45) is 2.12. The molecular formula is C18H19Cl2N. The van der Waals surface area contributed by atoms with Crippen molar-refractivity contribution >= 4 is 23.2 Å². The second-order valence-corrected chi connectivity index (χ2v) is 6.80. The van der Waals surface area contributed by atoms with Gasteiger partial charge in [-0.25, -0.2) is 0 Å². The van der Waals surface area contributed by atoms with Crippen LogP contribution >= 0.6 is 23.2 Å². The molecule has 0 aromatic heterocycles. The monoisotopic (exact) mass is 319 g/mol. The van der Waals surface area contributed by atoms with E-state index in [2.05, 4.69) is 37.3 Å². The second-order valence-electron chi connectivity index (χ2n) is 5.98. The lowest BCUT2D eigenvalue weighted by molar-refractivity contribution is 0.372. The Bertz CT molecular complexity index is 651. The van der Waals surface area contributed by atoms with Crippen LogP contribution in [0, 0.1) is 5.92 Å². The maximum atomic E-state index is 6.20. The zero-order valence-corrected chi connectivity index (χ0v) is 13.5. The molecule has 0 saturated carbocycles. The largest absolute Gasteiger partial charge is 0.328 e. The molecule has 3 heteroatoms. The standard InChI is InChI=1S/C18H19Cl2N/c1-11(21)14-8-12-4-2-3-5-15(12)16(9-14)13-6-7-17(19)18(20)10-13/h2-7,10-11,14,16H,8-9,21H2,1H3/t11?,14-,16+/m1/s1. The van der Waals surface area contributed by atoms with Gasteiger partial charge in [-0.1, -0.05) is 53.5 Å². The van der Waals surface area contributed by atoms with Crippen molar-refractivity contribution in [2.24, 2.45) is 11.7 Å². The molecule has 2 aromatic rings. The van der Waals surface area contributed by atoms with E-state index in [1.807, 2.05) is 12.1 Å². The lowest BCUT2D eigenvalue weighted by atomic mass is 9.72. The van der Waals surface area contributed by atoms with Gasteiger partial charge in [0.2, 0.25) is 0 Å². The maximum Gasteiger partial charge on any atom is 0.0595 e. The molecule has 2 aromatic carbocycles. The van der Waals surface area contributed by atoms with E-state index < -0.39 is 0 Å². The molecule has 0 spiro atoms. The van der Waals surface area contributed by atoms with Gasteiger partial charge in [0.15, 0.2) is 0 Å². The van der Waals surface area contributed by atoms with Crippen LogP contribution in [0.15, 0.2) is 42.5 Å². The molecule has 3 rings (SSSR count). The SMILES string of the molecule is CC(N)[C@@H]1Cc2ccccc2[C@H](c2ccc(Cl)c(Cl)c2)C1. The Morgan fingerprint density at radius 1 is 1.10 bits per heavy atom. The number of fused-ring (bicyclic) bond motifs is 1. The minimum absolute atomic E-state index is 0.198. The van der Waals surface area contributed by atoms with E-state index >= 15 is 0 Å². The van der Waals surface area contributed by atoms with Gasteiger partial charge < -0.3 is 5.73 Å². The second kappa shape index (κ2) is 6.00. The molecule has 3 atom stereocenters. The zero-order valence-electron chi connectivity index (χ0n) is 12.0. The Labute approximate surface area is 136 Å². The van der Waals surface area contributed by atoms with Crippen LogP contribution in [0.3, 0.4) is 0 Å². The third-order valence-corrected chi connectivity index (χ3v) is 5.28. The molecule has 110 valence electrons. The molecule has 1 aliphatic rings. The van der Waals surface area contributed by atoms with Crippen molar-refractivity contribution in [3.05, 3.63) is 69.2 Å². The van der Waals surface area contributed by atoms with Gasteiger partial charge in [-0.2, -0.15) is 0 Å². The molecule has 21 heavy (non-hydrogen) atoms. The molecule has 1 aliphatic carbocycles. The van der Waals surface area contributed by atoms with Crippen molar-refractivity contribution in [2.45, 2.75) is 31.7 Å². The number of nitrogens with two attached hydrogens (primary N) is 1. The van der Waals surface area contributed by atoms with Gasteiger partial charge in [0.05, 0.1) is 10.0 Å². The minimum atomic E-state index is 0.198. The van der Waals surface area contributed by atoms with E-state index in [9.17, 15) is 0 Å². The van der Waals surface area contributed by atoms with Gasteiger partial charge in [-0.15, -0.1) is 0 Å². The molecule has 0 radical (unpaired) electrons. The van der Waals surface area contributed by atoms with Crippen molar-refractivity contribution in [1.82, 2.24) is 0 Å². The highest BCUT2D eigenvalue weighted by Gasteiger charge is 2.29. The fourth-order valence-electron chi connectivity index (χ4n) is 3.30. The van der Waals surface area contributed by atoms with Crippen LogP contribution in [0.5, 0.6) is 0 Å². The van der Waals surface area contributed by atoms with E-state index in [1.165, 1.54) is 16.7 Å². The van der Waals surface area contributed by atoms with E-state index in [0.717, 1.165) is 12.8 Å². The van der Waals surface area contributed by atoms with Crippen molar-refractivity contribution in [3.8, 4) is 0 Å². The summed E-state index contributed by atoms with van der Waals surface area (Å²) in [5.74, 6) is 0.847. The van der Waals surface area contributed by atoms with Gasteiger partial charge in [0, 0.05) is 12.0 Å². The normalized spacial score (nSPS) is 22.7. The number of halogens is 2. The first kappa shape index (κ1) is 14.9. The molecule has 0 amide bonds. The van der Waals surface area contributed by atoms with Gasteiger partial charge in [0.1, 0.15) is 0 Å². The third-order valence-electron chi connectivity index (χ3n) is 4.54. The Kier molecular flexibility index (Phi) is 4.26. The van der Waals surface area contributed by atoms with E-state index in [-0.39, 0.29) is 6.04 Å². The summed E-state index contributed by atoms with van der Waals surface area (Å²) < 4.78 is 0. The first-order valence-electron chi connectivity index (χ1n) is 7.34. The highest BCUT2D eigenvalue weighted by Crippen LogP contribution is 2.41. The lowest BCUT2D eigenvalue weighted by Gasteiger charge is -2.34. The Morgan fingerprint density at radius 2 is 1.86 bits per heavy atom. The van der Waals surface area contributed by atoms with E-state index in [1.54, 1.807) is 0 Å². The molecule has 0 fully saturated rings. The van der Waals surface area contributed by atoms with Gasteiger partial charge in [-0.05, 0) is 54.5 Å². The maximum absolute atomic E-state index is 6.20. The van der Waals surface area contributed by atoms with Crippen molar-refractivity contribution in [1.29, 1.82) is 0 Å². The van der Waals surface area contributed by atoms with Crippen LogP contribution in [0.4, 0.5) is 0 Å². The summed E-state index contributed by atoms with van der Waals surface area (Å²) in [7, 11) is 0. The number of benzene rings is 2. The van der Waals surface area contributed by atoms with Crippen LogP contribution < -0.4 is 5.73 Å². The summed E-state index contributed by atoms with van der Waals surface area (Å²) in [5, 5.41) is 1.22. The smallest absolute Gasteiger partial charge is 0.0595 e. The summed E-state index contributed by atoms with van der Waals surface area (Å²) in [5.41, 5.74) is 10.2. The van der Waals surface area contributed by atoms with Crippen molar-refractivity contribution < 1.29 is 0 Å². The molecule has 0 bridgehead atoms. The number of hydrogen-bond acceptors (Lipinski definition) is 1. The quantitative estimate of drug-likeness (QED) is 0.825.